The van der Waals surface area contributed by atoms with Crippen molar-refractivity contribution in [2.45, 2.75) is 45.2 Å². The molecule has 1 aromatic heterocycles. The number of amides is 2. The van der Waals surface area contributed by atoms with E-state index in [4.69, 9.17) is 4.74 Å². The van der Waals surface area contributed by atoms with E-state index in [1.807, 2.05) is 34.8 Å². The summed E-state index contributed by atoms with van der Waals surface area (Å²) in [5.74, 6) is -0.727. The van der Waals surface area contributed by atoms with Crippen LogP contribution in [-0.2, 0) is 32.7 Å². The molecule has 0 atom stereocenters. The standard InChI is InChI=1S/C20H29N3O4/c1-4-12-22(18(24)10-11-20(26)27-5-2)15-19(25)23(16-8-9-16)14-17-7-6-13-21(17)3/h4,6-7,13,16H,1,5,8-12,14-15H2,2-3H3. The molecule has 2 rings (SSSR count). The first-order valence-electron chi connectivity index (χ1n) is 9.40. The maximum absolute atomic E-state index is 12.9. The average molecular weight is 375 g/mol. The SMILES string of the molecule is C=CCN(CC(=O)N(Cc1cccn1C)C1CC1)C(=O)CCC(=O)OCC. The lowest BCUT2D eigenvalue weighted by atomic mass is 10.2. The molecule has 0 aliphatic heterocycles. The smallest absolute Gasteiger partial charge is 0.306 e. The Balaban J connectivity index is 1.97. The third kappa shape index (κ3) is 6.27. The first-order chi connectivity index (χ1) is 13.0. The molecule has 1 fully saturated rings. The van der Waals surface area contributed by atoms with Crippen LogP contribution in [0.3, 0.4) is 0 Å². The zero-order valence-electron chi connectivity index (χ0n) is 16.2. The normalized spacial score (nSPS) is 13.1. The van der Waals surface area contributed by atoms with Crippen molar-refractivity contribution in [1.29, 1.82) is 0 Å². The first-order valence-corrected chi connectivity index (χ1v) is 9.40. The van der Waals surface area contributed by atoms with Gasteiger partial charge in [0.1, 0.15) is 6.54 Å². The average Bonchev–Trinajstić information content (AvgIpc) is 3.39. The van der Waals surface area contributed by atoms with E-state index >= 15 is 0 Å². The molecule has 0 bridgehead atoms. The molecule has 1 heterocycles. The van der Waals surface area contributed by atoms with Crippen molar-refractivity contribution in [1.82, 2.24) is 14.4 Å². The van der Waals surface area contributed by atoms with Crippen molar-refractivity contribution in [3.8, 4) is 0 Å². The molecule has 1 saturated carbocycles. The molecule has 0 N–H and O–H groups in total. The Morgan fingerprint density at radius 2 is 2.04 bits per heavy atom. The number of nitrogens with zero attached hydrogens (tertiary/aromatic N) is 3. The van der Waals surface area contributed by atoms with Crippen LogP contribution in [0.25, 0.3) is 0 Å². The minimum Gasteiger partial charge on any atom is -0.466 e. The molecule has 1 aromatic rings. The Morgan fingerprint density at radius 1 is 1.30 bits per heavy atom. The third-order valence-corrected chi connectivity index (χ3v) is 4.57. The van der Waals surface area contributed by atoms with Gasteiger partial charge in [0.25, 0.3) is 0 Å². The summed E-state index contributed by atoms with van der Waals surface area (Å²) in [6, 6.07) is 4.19. The summed E-state index contributed by atoms with van der Waals surface area (Å²) in [4.78, 5) is 40.1. The zero-order chi connectivity index (χ0) is 19.8. The lowest BCUT2D eigenvalue weighted by Crippen LogP contribution is -2.44. The second-order valence-corrected chi connectivity index (χ2v) is 6.73. The second-order valence-electron chi connectivity index (χ2n) is 6.73. The van der Waals surface area contributed by atoms with Crippen LogP contribution in [0, 0.1) is 0 Å². The number of hydrogen-bond donors (Lipinski definition) is 0. The molecule has 0 aromatic carbocycles. The minimum atomic E-state index is -0.404. The number of carbonyl (C=O) groups excluding carboxylic acids is 3. The van der Waals surface area contributed by atoms with Crippen LogP contribution < -0.4 is 0 Å². The van der Waals surface area contributed by atoms with E-state index in [2.05, 4.69) is 6.58 Å². The molecule has 1 aliphatic carbocycles. The molecule has 0 unspecified atom stereocenters. The molecule has 27 heavy (non-hydrogen) atoms. The Labute approximate surface area is 160 Å². The third-order valence-electron chi connectivity index (χ3n) is 4.57. The minimum absolute atomic E-state index is 0.00536. The van der Waals surface area contributed by atoms with E-state index in [0.29, 0.717) is 6.54 Å². The van der Waals surface area contributed by atoms with Crippen molar-refractivity contribution in [3.63, 3.8) is 0 Å². The molecule has 1 aliphatic rings. The van der Waals surface area contributed by atoms with E-state index in [9.17, 15) is 14.4 Å². The van der Waals surface area contributed by atoms with E-state index in [1.165, 1.54) is 4.90 Å². The number of ether oxygens (including phenoxy) is 1. The summed E-state index contributed by atoms with van der Waals surface area (Å²) in [7, 11) is 1.95. The highest BCUT2D eigenvalue weighted by Gasteiger charge is 2.34. The van der Waals surface area contributed by atoms with Gasteiger partial charge in [-0.25, -0.2) is 0 Å². The number of carbonyl (C=O) groups is 3. The van der Waals surface area contributed by atoms with E-state index in [1.54, 1.807) is 13.0 Å². The fraction of sp³-hybridized carbons (Fsp3) is 0.550. The van der Waals surface area contributed by atoms with Crippen molar-refractivity contribution < 1.29 is 19.1 Å². The quantitative estimate of drug-likeness (QED) is 0.437. The highest BCUT2D eigenvalue weighted by Crippen LogP contribution is 2.28. The predicted molar refractivity (Wildman–Crippen MR) is 102 cm³/mol. The molecular formula is C20H29N3O4. The van der Waals surface area contributed by atoms with Crippen LogP contribution in [0.15, 0.2) is 31.0 Å². The van der Waals surface area contributed by atoms with Crippen molar-refractivity contribution in [2.75, 3.05) is 19.7 Å². The Morgan fingerprint density at radius 3 is 2.59 bits per heavy atom. The van der Waals surface area contributed by atoms with Gasteiger partial charge >= 0.3 is 5.97 Å². The maximum Gasteiger partial charge on any atom is 0.306 e. The highest BCUT2D eigenvalue weighted by atomic mass is 16.5. The van der Waals surface area contributed by atoms with Gasteiger partial charge in [0, 0.05) is 37.9 Å². The number of aromatic nitrogens is 1. The second kappa shape index (κ2) is 9.94. The van der Waals surface area contributed by atoms with Crippen LogP contribution in [0.2, 0.25) is 0 Å². The van der Waals surface area contributed by atoms with Crippen LogP contribution in [0.5, 0.6) is 0 Å². The Hall–Kier alpha value is -2.57. The van der Waals surface area contributed by atoms with Gasteiger partial charge in [0.15, 0.2) is 0 Å². The van der Waals surface area contributed by atoms with Crippen molar-refractivity contribution in [3.05, 3.63) is 36.7 Å². The summed E-state index contributed by atoms with van der Waals surface area (Å²) in [5, 5.41) is 0. The summed E-state index contributed by atoms with van der Waals surface area (Å²) >= 11 is 0. The summed E-state index contributed by atoms with van der Waals surface area (Å²) in [6.07, 6.45) is 5.58. The molecule has 2 amide bonds. The summed E-state index contributed by atoms with van der Waals surface area (Å²) in [5.41, 5.74) is 1.05. The monoisotopic (exact) mass is 375 g/mol. The summed E-state index contributed by atoms with van der Waals surface area (Å²) < 4.78 is 6.85. The van der Waals surface area contributed by atoms with Gasteiger partial charge in [-0.1, -0.05) is 6.08 Å². The largest absolute Gasteiger partial charge is 0.466 e. The van der Waals surface area contributed by atoms with Gasteiger partial charge in [0.05, 0.1) is 19.6 Å². The topological polar surface area (TPSA) is 71.9 Å². The molecule has 7 heteroatoms. The zero-order valence-corrected chi connectivity index (χ0v) is 16.2. The van der Waals surface area contributed by atoms with E-state index in [0.717, 1.165) is 18.5 Å². The van der Waals surface area contributed by atoms with E-state index < -0.39 is 5.97 Å². The molecule has 148 valence electrons. The first kappa shape index (κ1) is 20.7. The predicted octanol–water partition coefficient (Wildman–Crippen LogP) is 1.87. The van der Waals surface area contributed by atoms with Gasteiger partial charge in [-0.2, -0.15) is 0 Å². The molecule has 7 nitrogen and oxygen atoms in total. The number of esters is 1. The maximum atomic E-state index is 12.9. The molecule has 0 radical (unpaired) electrons. The molecular weight excluding hydrogens is 346 g/mol. The Kier molecular flexibility index (Phi) is 7.64. The number of rotatable bonds is 11. The van der Waals surface area contributed by atoms with Crippen LogP contribution >= 0.6 is 0 Å². The van der Waals surface area contributed by atoms with Gasteiger partial charge < -0.3 is 19.1 Å². The number of hydrogen-bond acceptors (Lipinski definition) is 4. The van der Waals surface area contributed by atoms with Gasteiger partial charge in [-0.05, 0) is 31.9 Å². The number of aryl methyl sites for hydroxylation is 1. The molecule has 0 spiro atoms. The summed E-state index contributed by atoms with van der Waals surface area (Å²) in [6.45, 7) is 6.48. The lowest BCUT2D eigenvalue weighted by Gasteiger charge is -2.27. The van der Waals surface area contributed by atoms with Crippen LogP contribution in [0.4, 0.5) is 0 Å². The van der Waals surface area contributed by atoms with Gasteiger partial charge in [-0.15, -0.1) is 6.58 Å². The molecule has 0 saturated heterocycles. The Bertz CT molecular complexity index is 679. The highest BCUT2D eigenvalue weighted by molar-refractivity contribution is 5.87. The lowest BCUT2D eigenvalue weighted by molar-refractivity contribution is -0.146. The van der Waals surface area contributed by atoms with Gasteiger partial charge in [-0.3, -0.25) is 14.4 Å². The van der Waals surface area contributed by atoms with E-state index in [-0.39, 0.29) is 50.4 Å². The van der Waals surface area contributed by atoms with Crippen molar-refractivity contribution >= 4 is 17.8 Å². The van der Waals surface area contributed by atoms with Gasteiger partial charge in [0.2, 0.25) is 11.8 Å². The van der Waals surface area contributed by atoms with Crippen molar-refractivity contribution in [2.24, 2.45) is 7.05 Å². The fourth-order valence-corrected chi connectivity index (χ4v) is 2.91. The van der Waals surface area contributed by atoms with Crippen LogP contribution in [0.1, 0.15) is 38.3 Å². The fourth-order valence-electron chi connectivity index (χ4n) is 2.91. The van der Waals surface area contributed by atoms with Crippen LogP contribution in [-0.4, -0.2) is 57.9 Å².